The molecule has 3 unspecified atom stereocenters. The van der Waals surface area contributed by atoms with Crippen LogP contribution in [0.15, 0.2) is 0 Å². The van der Waals surface area contributed by atoms with Crippen LogP contribution in [0.4, 0.5) is 8.78 Å². The molecule has 0 spiro atoms. The van der Waals surface area contributed by atoms with Gasteiger partial charge < -0.3 is 4.74 Å². The SMILES string of the molecule is CC(F)(F)C(=O)OCC1CCC2CC1C2(C)C. The Balaban J connectivity index is 1.87. The topological polar surface area (TPSA) is 26.3 Å². The van der Waals surface area contributed by atoms with E-state index in [0.717, 1.165) is 25.2 Å². The van der Waals surface area contributed by atoms with Crippen LogP contribution >= 0.6 is 0 Å². The maximum absolute atomic E-state index is 12.7. The second-order valence-electron chi connectivity index (χ2n) is 6.18. The molecule has 3 aliphatic rings. The molecular formula is C13H20F2O2. The molecule has 0 aromatic carbocycles. The Bertz CT molecular complexity index is 318. The summed E-state index contributed by atoms with van der Waals surface area (Å²) in [6.45, 7) is 5.20. The second-order valence-corrected chi connectivity index (χ2v) is 6.18. The normalized spacial score (nSPS) is 35.0. The van der Waals surface area contributed by atoms with E-state index in [-0.39, 0.29) is 12.5 Å². The number of esters is 1. The number of hydrogen-bond acceptors (Lipinski definition) is 2. The van der Waals surface area contributed by atoms with Crippen molar-refractivity contribution in [1.82, 2.24) is 0 Å². The third-order valence-electron chi connectivity index (χ3n) is 4.79. The maximum atomic E-state index is 12.7. The van der Waals surface area contributed by atoms with Crippen molar-refractivity contribution in [3.63, 3.8) is 0 Å². The molecule has 4 heteroatoms. The molecule has 0 aromatic rings. The van der Waals surface area contributed by atoms with Crippen LogP contribution in [0.3, 0.4) is 0 Å². The highest BCUT2D eigenvalue weighted by atomic mass is 19.3. The molecule has 3 atom stereocenters. The minimum Gasteiger partial charge on any atom is -0.461 e. The monoisotopic (exact) mass is 246 g/mol. The van der Waals surface area contributed by atoms with Crippen molar-refractivity contribution in [2.24, 2.45) is 23.2 Å². The fourth-order valence-corrected chi connectivity index (χ4v) is 3.47. The fraction of sp³-hybridized carbons (Fsp3) is 0.923. The maximum Gasteiger partial charge on any atom is 0.376 e. The minimum absolute atomic E-state index is 0.156. The first-order chi connectivity index (χ1) is 7.73. The molecule has 0 saturated heterocycles. The summed E-state index contributed by atoms with van der Waals surface area (Å²) in [6, 6.07) is 0. The van der Waals surface area contributed by atoms with Crippen LogP contribution in [0.25, 0.3) is 0 Å². The Morgan fingerprint density at radius 3 is 2.53 bits per heavy atom. The predicted molar refractivity (Wildman–Crippen MR) is 59.7 cm³/mol. The number of ether oxygens (including phenoxy) is 1. The zero-order chi connectivity index (χ0) is 12.8. The van der Waals surface area contributed by atoms with Gasteiger partial charge in [0.25, 0.3) is 0 Å². The number of carbonyl (C=O) groups is 1. The van der Waals surface area contributed by atoms with E-state index in [2.05, 4.69) is 13.8 Å². The van der Waals surface area contributed by atoms with E-state index in [1.165, 1.54) is 0 Å². The molecule has 0 heterocycles. The molecule has 0 N–H and O–H groups in total. The van der Waals surface area contributed by atoms with Gasteiger partial charge in [-0.05, 0) is 42.4 Å². The summed E-state index contributed by atoms with van der Waals surface area (Å²) >= 11 is 0. The van der Waals surface area contributed by atoms with E-state index in [1.807, 2.05) is 0 Å². The molecule has 0 aromatic heterocycles. The van der Waals surface area contributed by atoms with Crippen molar-refractivity contribution in [2.45, 2.75) is 46.0 Å². The smallest absolute Gasteiger partial charge is 0.376 e. The Morgan fingerprint density at radius 2 is 2.06 bits per heavy atom. The lowest BCUT2D eigenvalue weighted by Gasteiger charge is -2.60. The van der Waals surface area contributed by atoms with Gasteiger partial charge >= 0.3 is 11.9 Å². The summed E-state index contributed by atoms with van der Waals surface area (Å²) in [4.78, 5) is 11.0. The van der Waals surface area contributed by atoms with E-state index >= 15 is 0 Å². The molecule has 17 heavy (non-hydrogen) atoms. The van der Waals surface area contributed by atoms with E-state index in [9.17, 15) is 13.6 Å². The number of alkyl halides is 2. The highest BCUT2D eigenvalue weighted by Crippen LogP contribution is 2.61. The van der Waals surface area contributed by atoms with E-state index < -0.39 is 11.9 Å². The van der Waals surface area contributed by atoms with Gasteiger partial charge in [-0.25, -0.2) is 4.79 Å². The molecule has 0 radical (unpaired) electrons. The van der Waals surface area contributed by atoms with Crippen LogP contribution in [0.1, 0.15) is 40.0 Å². The fourth-order valence-electron chi connectivity index (χ4n) is 3.47. The molecule has 0 aliphatic heterocycles. The first-order valence-electron chi connectivity index (χ1n) is 6.28. The molecule has 3 rings (SSSR count). The average Bonchev–Trinajstić information content (AvgIpc) is 2.24. The predicted octanol–water partition coefficient (Wildman–Crippen LogP) is 3.26. The van der Waals surface area contributed by atoms with Crippen LogP contribution < -0.4 is 0 Å². The van der Waals surface area contributed by atoms with Crippen LogP contribution in [0, 0.1) is 23.2 Å². The summed E-state index contributed by atoms with van der Waals surface area (Å²) in [7, 11) is 0. The minimum atomic E-state index is -3.37. The van der Waals surface area contributed by atoms with Crippen molar-refractivity contribution in [3.05, 3.63) is 0 Å². The van der Waals surface area contributed by atoms with Gasteiger partial charge in [0.1, 0.15) is 0 Å². The molecular weight excluding hydrogens is 226 g/mol. The van der Waals surface area contributed by atoms with Crippen molar-refractivity contribution < 1.29 is 18.3 Å². The van der Waals surface area contributed by atoms with E-state index in [0.29, 0.717) is 18.3 Å². The zero-order valence-electron chi connectivity index (χ0n) is 10.6. The van der Waals surface area contributed by atoms with Crippen LogP contribution in [-0.4, -0.2) is 18.5 Å². The van der Waals surface area contributed by atoms with E-state index in [4.69, 9.17) is 4.74 Å². The van der Waals surface area contributed by atoms with Crippen LogP contribution in [-0.2, 0) is 9.53 Å². The summed E-state index contributed by atoms with van der Waals surface area (Å²) in [5, 5.41) is 0. The van der Waals surface area contributed by atoms with Gasteiger partial charge in [-0.15, -0.1) is 0 Å². The van der Waals surface area contributed by atoms with E-state index in [1.54, 1.807) is 0 Å². The quantitative estimate of drug-likeness (QED) is 0.714. The molecule has 2 nitrogen and oxygen atoms in total. The Kier molecular flexibility index (Phi) is 2.95. The van der Waals surface area contributed by atoms with Gasteiger partial charge in [-0.3, -0.25) is 0 Å². The van der Waals surface area contributed by atoms with Gasteiger partial charge in [0.05, 0.1) is 6.61 Å². The lowest BCUT2D eigenvalue weighted by molar-refractivity contribution is -0.178. The second kappa shape index (κ2) is 3.92. The Labute approximate surface area is 101 Å². The first-order valence-corrected chi connectivity index (χ1v) is 6.28. The van der Waals surface area contributed by atoms with Gasteiger partial charge in [-0.2, -0.15) is 8.78 Å². The highest BCUT2D eigenvalue weighted by Gasteiger charge is 2.54. The summed E-state index contributed by atoms with van der Waals surface area (Å²) in [6.07, 6.45) is 3.30. The summed E-state index contributed by atoms with van der Waals surface area (Å²) in [5.41, 5.74) is 0.296. The van der Waals surface area contributed by atoms with Crippen molar-refractivity contribution in [1.29, 1.82) is 0 Å². The molecule has 2 bridgehead atoms. The number of carbonyl (C=O) groups excluding carboxylic acids is 1. The molecule has 0 amide bonds. The van der Waals surface area contributed by atoms with Crippen LogP contribution in [0.2, 0.25) is 0 Å². The highest BCUT2D eigenvalue weighted by molar-refractivity contribution is 5.76. The standard InChI is InChI=1S/C13H20F2O2/c1-12(2)9-5-4-8(10(12)6-9)7-17-11(16)13(3,14)15/h8-10H,4-7H2,1-3H3. The molecule has 3 fully saturated rings. The van der Waals surface area contributed by atoms with Crippen molar-refractivity contribution in [2.75, 3.05) is 6.61 Å². The average molecular weight is 246 g/mol. The third kappa shape index (κ3) is 2.18. The van der Waals surface area contributed by atoms with Crippen molar-refractivity contribution in [3.8, 4) is 0 Å². The third-order valence-corrected chi connectivity index (χ3v) is 4.79. The number of fused-ring (bicyclic) bond motifs is 2. The largest absolute Gasteiger partial charge is 0.461 e. The lowest BCUT2D eigenvalue weighted by Crippen LogP contribution is -2.53. The van der Waals surface area contributed by atoms with Crippen molar-refractivity contribution >= 4 is 5.97 Å². The van der Waals surface area contributed by atoms with Gasteiger partial charge in [0.15, 0.2) is 0 Å². The zero-order valence-corrected chi connectivity index (χ0v) is 10.6. The Morgan fingerprint density at radius 1 is 1.41 bits per heavy atom. The molecule has 3 saturated carbocycles. The number of halogens is 2. The van der Waals surface area contributed by atoms with Crippen LogP contribution in [0.5, 0.6) is 0 Å². The van der Waals surface area contributed by atoms with Gasteiger partial charge in [0, 0.05) is 6.92 Å². The molecule has 98 valence electrons. The lowest BCUT2D eigenvalue weighted by atomic mass is 9.46. The summed E-state index contributed by atoms with van der Waals surface area (Å²) < 4.78 is 30.1. The summed E-state index contributed by atoms with van der Waals surface area (Å²) in [5.74, 6) is -3.20. The molecule has 3 aliphatic carbocycles. The number of rotatable bonds is 3. The Hall–Kier alpha value is -0.670. The van der Waals surface area contributed by atoms with Gasteiger partial charge in [0.2, 0.25) is 0 Å². The number of hydrogen-bond donors (Lipinski definition) is 0. The van der Waals surface area contributed by atoms with Gasteiger partial charge in [-0.1, -0.05) is 13.8 Å². The first kappa shape index (κ1) is 12.8.